The van der Waals surface area contributed by atoms with Gasteiger partial charge in [-0.2, -0.15) is 5.10 Å². The third-order valence-electron chi connectivity index (χ3n) is 5.36. The van der Waals surface area contributed by atoms with Crippen LogP contribution in [0.4, 0.5) is 5.69 Å². The molecule has 8 heteroatoms. The minimum atomic E-state index is -0.322. The van der Waals surface area contributed by atoms with Gasteiger partial charge in [0.15, 0.2) is 0 Å². The summed E-state index contributed by atoms with van der Waals surface area (Å²) in [6.45, 7) is 2.40. The van der Waals surface area contributed by atoms with E-state index < -0.39 is 0 Å². The van der Waals surface area contributed by atoms with Crippen molar-refractivity contribution in [2.75, 3.05) is 38.2 Å². The second kappa shape index (κ2) is 9.22. The molecule has 0 spiro atoms. The molecule has 2 heterocycles. The Morgan fingerprint density at radius 3 is 2.45 bits per heavy atom. The highest BCUT2D eigenvalue weighted by Crippen LogP contribution is 2.28. The Bertz CT molecular complexity index is 1140. The van der Waals surface area contributed by atoms with Crippen LogP contribution in [-0.4, -0.2) is 53.9 Å². The number of methoxy groups -OCH3 is 1. The van der Waals surface area contributed by atoms with Crippen molar-refractivity contribution < 1.29 is 9.53 Å². The molecule has 1 saturated heterocycles. The highest BCUT2D eigenvalue weighted by molar-refractivity contribution is 6.33. The van der Waals surface area contributed by atoms with Gasteiger partial charge in [-0.05, 0) is 24.3 Å². The second-order valence-electron chi connectivity index (χ2n) is 7.23. The first-order valence-electron chi connectivity index (χ1n) is 10.1. The van der Waals surface area contributed by atoms with Crippen molar-refractivity contribution in [3.63, 3.8) is 0 Å². The fraction of sp³-hybridized carbons (Fsp3) is 0.261. The van der Waals surface area contributed by atoms with Crippen LogP contribution in [-0.2, 0) is 11.3 Å². The minimum absolute atomic E-state index is 0.105. The molecule has 1 aliphatic heterocycles. The van der Waals surface area contributed by atoms with Gasteiger partial charge >= 0.3 is 0 Å². The first-order chi connectivity index (χ1) is 15.1. The summed E-state index contributed by atoms with van der Waals surface area (Å²) in [4.78, 5) is 29.1. The van der Waals surface area contributed by atoms with Crippen LogP contribution < -0.4 is 15.2 Å². The molecule has 160 valence electrons. The standard InChI is InChI=1S/C23H23ClN4O3/c1-31-21-9-5-4-8-20(21)26-12-14-27(15-13-26)23(30)16-28-22(29)11-10-19(25-28)17-6-2-3-7-18(17)24/h2-11H,12-16H2,1H3. The van der Waals surface area contributed by atoms with Crippen LogP contribution in [0.2, 0.25) is 5.02 Å². The van der Waals surface area contributed by atoms with E-state index in [1.54, 1.807) is 24.1 Å². The molecule has 1 aliphatic rings. The largest absolute Gasteiger partial charge is 0.495 e. The van der Waals surface area contributed by atoms with Gasteiger partial charge in [0.1, 0.15) is 12.3 Å². The predicted octanol–water partition coefficient (Wildman–Crippen LogP) is 2.92. The Morgan fingerprint density at radius 1 is 1.00 bits per heavy atom. The maximum absolute atomic E-state index is 12.9. The number of hydrogen-bond acceptors (Lipinski definition) is 5. The normalized spacial score (nSPS) is 13.9. The SMILES string of the molecule is COc1ccccc1N1CCN(C(=O)Cn2nc(-c3ccccc3Cl)ccc2=O)CC1. The summed E-state index contributed by atoms with van der Waals surface area (Å²) >= 11 is 6.25. The first kappa shape index (κ1) is 20.9. The van der Waals surface area contributed by atoms with Crippen LogP contribution in [0.15, 0.2) is 65.5 Å². The third-order valence-corrected chi connectivity index (χ3v) is 5.69. The lowest BCUT2D eigenvalue weighted by molar-refractivity contribution is -0.132. The van der Waals surface area contributed by atoms with E-state index in [0.717, 1.165) is 17.0 Å². The predicted molar refractivity (Wildman–Crippen MR) is 121 cm³/mol. The Hall–Kier alpha value is -3.32. The molecule has 0 N–H and O–H groups in total. The summed E-state index contributed by atoms with van der Waals surface area (Å²) in [6, 6.07) is 18.2. The van der Waals surface area contributed by atoms with Gasteiger partial charge in [0.25, 0.3) is 5.56 Å². The van der Waals surface area contributed by atoms with Crippen LogP contribution >= 0.6 is 11.6 Å². The molecule has 0 unspecified atom stereocenters. The summed E-state index contributed by atoms with van der Waals surface area (Å²) in [7, 11) is 1.65. The van der Waals surface area contributed by atoms with Crippen molar-refractivity contribution in [1.29, 1.82) is 0 Å². The average Bonchev–Trinajstić information content (AvgIpc) is 2.81. The summed E-state index contributed by atoms with van der Waals surface area (Å²) in [5.41, 5.74) is 1.97. The molecule has 2 aromatic carbocycles. The fourth-order valence-electron chi connectivity index (χ4n) is 3.69. The summed E-state index contributed by atoms with van der Waals surface area (Å²) in [6.07, 6.45) is 0. The van der Waals surface area contributed by atoms with Gasteiger partial charge in [-0.15, -0.1) is 0 Å². The van der Waals surface area contributed by atoms with Crippen LogP contribution in [0.3, 0.4) is 0 Å². The number of ether oxygens (including phenoxy) is 1. The van der Waals surface area contributed by atoms with Crippen molar-refractivity contribution in [2.24, 2.45) is 0 Å². The number of para-hydroxylation sites is 2. The summed E-state index contributed by atoms with van der Waals surface area (Å²) in [5.74, 6) is 0.681. The molecule has 7 nitrogen and oxygen atoms in total. The summed E-state index contributed by atoms with van der Waals surface area (Å²) < 4.78 is 6.65. The number of anilines is 1. The van der Waals surface area contributed by atoms with E-state index in [-0.39, 0.29) is 18.0 Å². The number of nitrogens with zero attached hydrogens (tertiary/aromatic N) is 4. The molecule has 0 bridgehead atoms. The Balaban J connectivity index is 1.44. The second-order valence-corrected chi connectivity index (χ2v) is 7.64. The van der Waals surface area contributed by atoms with E-state index in [2.05, 4.69) is 10.00 Å². The maximum Gasteiger partial charge on any atom is 0.267 e. The van der Waals surface area contributed by atoms with Crippen molar-refractivity contribution in [1.82, 2.24) is 14.7 Å². The zero-order valence-electron chi connectivity index (χ0n) is 17.2. The quantitative estimate of drug-likeness (QED) is 0.612. The Kier molecular flexibility index (Phi) is 6.23. The summed E-state index contributed by atoms with van der Waals surface area (Å²) in [5, 5.41) is 4.91. The smallest absolute Gasteiger partial charge is 0.267 e. The molecule has 31 heavy (non-hydrogen) atoms. The zero-order chi connectivity index (χ0) is 21.8. The van der Waals surface area contributed by atoms with E-state index >= 15 is 0 Å². The zero-order valence-corrected chi connectivity index (χ0v) is 18.0. The van der Waals surface area contributed by atoms with Gasteiger partial charge in [0.2, 0.25) is 5.91 Å². The lowest BCUT2D eigenvalue weighted by atomic mass is 10.1. The molecule has 1 fully saturated rings. The van der Waals surface area contributed by atoms with E-state index in [1.165, 1.54) is 10.7 Å². The lowest BCUT2D eigenvalue weighted by Crippen LogP contribution is -2.50. The number of carbonyl (C=O) groups excluding carboxylic acids is 1. The molecule has 3 aromatic rings. The van der Waals surface area contributed by atoms with Crippen molar-refractivity contribution in [2.45, 2.75) is 6.54 Å². The van der Waals surface area contributed by atoms with Crippen molar-refractivity contribution in [3.8, 4) is 17.0 Å². The number of amides is 1. The van der Waals surface area contributed by atoms with Gasteiger partial charge in [0.05, 0.1) is 23.5 Å². The minimum Gasteiger partial charge on any atom is -0.495 e. The highest BCUT2D eigenvalue weighted by Gasteiger charge is 2.23. The lowest BCUT2D eigenvalue weighted by Gasteiger charge is -2.36. The van der Waals surface area contributed by atoms with Gasteiger partial charge in [-0.25, -0.2) is 4.68 Å². The number of benzene rings is 2. The third kappa shape index (κ3) is 4.56. The average molecular weight is 439 g/mol. The van der Waals surface area contributed by atoms with E-state index in [9.17, 15) is 9.59 Å². The van der Waals surface area contributed by atoms with Crippen molar-refractivity contribution >= 4 is 23.2 Å². The fourth-order valence-corrected chi connectivity index (χ4v) is 3.92. The van der Waals surface area contributed by atoms with E-state index in [1.807, 2.05) is 42.5 Å². The van der Waals surface area contributed by atoms with Crippen LogP contribution in [0.25, 0.3) is 11.3 Å². The molecule has 4 rings (SSSR count). The van der Waals surface area contributed by atoms with Gasteiger partial charge in [-0.1, -0.05) is 41.9 Å². The molecular weight excluding hydrogens is 416 g/mol. The number of hydrogen-bond donors (Lipinski definition) is 0. The maximum atomic E-state index is 12.9. The topological polar surface area (TPSA) is 67.7 Å². The molecule has 0 atom stereocenters. The van der Waals surface area contributed by atoms with E-state index in [0.29, 0.717) is 36.9 Å². The monoisotopic (exact) mass is 438 g/mol. The highest BCUT2D eigenvalue weighted by atomic mass is 35.5. The van der Waals surface area contributed by atoms with E-state index in [4.69, 9.17) is 16.3 Å². The number of piperazine rings is 1. The molecule has 0 radical (unpaired) electrons. The van der Waals surface area contributed by atoms with Gasteiger partial charge in [-0.3, -0.25) is 9.59 Å². The molecule has 0 saturated carbocycles. The first-order valence-corrected chi connectivity index (χ1v) is 10.4. The van der Waals surface area contributed by atoms with Crippen LogP contribution in [0.1, 0.15) is 0 Å². The number of rotatable bonds is 5. The number of aromatic nitrogens is 2. The number of carbonyl (C=O) groups is 1. The number of halogens is 1. The molecule has 1 amide bonds. The molecular formula is C23H23ClN4O3. The van der Waals surface area contributed by atoms with Crippen LogP contribution in [0.5, 0.6) is 5.75 Å². The molecule has 0 aliphatic carbocycles. The van der Waals surface area contributed by atoms with Crippen LogP contribution in [0, 0.1) is 0 Å². The van der Waals surface area contributed by atoms with Gasteiger partial charge in [0, 0.05) is 37.8 Å². The molecule has 1 aromatic heterocycles. The Morgan fingerprint density at radius 2 is 1.71 bits per heavy atom. The van der Waals surface area contributed by atoms with Gasteiger partial charge < -0.3 is 14.5 Å². The Labute approximate surface area is 185 Å². The van der Waals surface area contributed by atoms with Crippen molar-refractivity contribution in [3.05, 3.63) is 76.0 Å².